The molecule has 0 spiro atoms. The molecule has 18 heavy (non-hydrogen) atoms. The molecule has 2 nitrogen and oxygen atoms in total. The third-order valence-electron chi connectivity index (χ3n) is 3.23. The molecule has 2 heterocycles. The van der Waals surface area contributed by atoms with Crippen molar-refractivity contribution >= 4 is 44.4 Å². The Morgan fingerprint density at radius 2 is 1.83 bits per heavy atom. The van der Waals surface area contributed by atoms with Gasteiger partial charge >= 0.3 is 0 Å². The molecule has 2 aromatic heterocycles. The molecular formula is C15H9ClN2. The monoisotopic (exact) mass is 252 g/mol. The summed E-state index contributed by atoms with van der Waals surface area (Å²) in [6.07, 6.45) is 0. The van der Waals surface area contributed by atoms with Gasteiger partial charge in [0, 0.05) is 21.3 Å². The lowest BCUT2D eigenvalue weighted by Gasteiger charge is -1.97. The van der Waals surface area contributed by atoms with E-state index in [1.807, 2.05) is 36.4 Å². The maximum atomic E-state index is 6.05. The highest BCUT2D eigenvalue weighted by molar-refractivity contribution is 6.31. The number of aromatic amines is 1. The molecular weight excluding hydrogens is 244 g/mol. The molecule has 0 radical (unpaired) electrons. The van der Waals surface area contributed by atoms with Crippen LogP contribution in [0.5, 0.6) is 0 Å². The van der Waals surface area contributed by atoms with Crippen LogP contribution in [0.2, 0.25) is 5.02 Å². The minimum Gasteiger partial charge on any atom is -0.353 e. The van der Waals surface area contributed by atoms with Crippen LogP contribution in [0.4, 0.5) is 0 Å². The smallest absolute Gasteiger partial charge is 0.0965 e. The predicted octanol–water partition coefficient (Wildman–Crippen LogP) is 4.52. The Bertz CT molecular complexity index is 893. The lowest BCUT2D eigenvalue weighted by molar-refractivity contribution is 1.49. The van der Waals surface area contributed by atoms with Gasteiger partial charge < -0.3 is 4.98 Å². The normalized spacial score (nSPS) is 11.6. The zero-order chi connectivity index (χ0) is 12.1. The third-order valence-corrected chi connectivity index (χ3v) is 3.47. The van der Waals surface area contributed by atoms with Crippen LogP contribution < -0.4 is 0 Å². The fourth-order valence-corrected chi connectivity index (χ4v) is 2.56. The molecule has 0 aliphatic heterocycles. The van der Waals surface area contributed by atoms with E-state index < -0.39 is 0 Å². The lowest BCUT2D eigenvalue weighted by Crippen LogP contribution is -1.79. The zero-order valence-corrected chi connectivity index (χ0v) is 10.2. The van der Waals surface area contributed by atoms with Crippen LogP contribution in [-0.2, 0) is 0 Å². The number of nitrogens with one attached hydrogen (secondary N) is 1. The molecule has 0 saturated heterocycles. The summed E-state index contributed by atoms with van der Waals surface area (Å²) in [7, 11) is 0. The number of pyridine rings is 1. The molecule has 4 rings (SSSR count). The quantitative estimate of drug-likeness (QED) is 0.490. The lowest BCUT2D eigenvalue weighted by atomic mass is 10.2. The Kier molecular flexibility index (Phi) is 1.91. The van der Waals surface area contributed by atoms with Gasteiger partial charge in [0.1, 0.15) is 0 Å². The van der Waals surface area contributed by atoms with Gasteiger partial charge in [-0.1, -0.05) is 29.8 Å². The van der Waals surface area contributed by atoms with E-state index in [2.05, 4.69) is 17.1 Å². The number of aromatic nitrogens is 2. The topological polar surface area (TPSA) is 28.7 Å². The predicted molar refractivity (Wildman–Crippen MR) is 76.1 cm³/mol. The first-order chi connectivity index (χ1) is 8.81. The van der Waals surface area contributed by atoms with E-state index in [4.69, 9.17) is 16.6 Å². The molecule has 0 amide bonds. The number of hydrogen-bond acceptors (Lipinski definition) is 1. The van der Waals surface area contributed by atoms with Crippen molar-refractivity contribution < 1.29 is 0 Å². The first kappa shape index (κ1) is 9.92. The molecule has 0 aliphatic carbocycles. The molecule has 4 aromatic rings. The van der Waals surface area contributed by atoms with Crippen molar-refractivity contribution in [2.24, 2.45) is 0 Å². The van der Waals surface area contributed by atoms with Crippen molar-refractivity contribution in [3.05, 3.63) is 53.6 Å². The summed E-state index contributed by atoms with van der Waals surface area (Å²) >= 11 is 6.05. The van der Waals surface area contributed by atoms with Crippen molar-refractivity contribution in [2.45, 2.75) is 0 Å². The molecule has 3 heteroatoms. The van der Waals surface area contributed by atoms with Crippen molar-refractivity contribution in [1.82, 2.24) is 9.97 Å². The van der Waals surface area contributed by atoms with E-state index in [0.29, 0.717) is 0 Å². The summed E-state index contributed by atoms with van der Waals surface area (Å²) in [5.74, 6) is 0. The minimum atomic E-state index is 0.735. The first-order valence-electron chi connectivity index (χ1n) is 5.78. The van der Waals surface area contributed by atoms with Gasteiger partial charge in [-0.2, -0.15) is 0 Å². The van der Waals surface area contributed by atoms with Crippen LogP contribution in [0.1, 0.15) is 0 Å². The summed E-state index contributed by atoms with van der Waals surface area (Å²) in [4.78, 5) is 8.09. The van der Waals surface area contributed by atoms with E-state index in [9.17, 15) is 0 Å². The molecule has 0 unspecified atom stereocenters. The van der Waals surface area contributed by atoms with Crippen LogP contribution in [0.3, 0.4) is 0 Å². The van der Waals surface area contributed by atoms with Crippen molar-refractivity contribution in [3.63, 3.8) is 0 Å². The molecule has 86 valence electrons. The molecule has 0 aliphatic rings. The number of rotatable bonds is 0. The van der Waals surface area contributed by atoms with Gasteiger partial charge in [-0.3, -0.25) is 0 Å². The van der Waals surface area contributed by atoms with E-state index in [1.54, 1.807) is 0 Å². The number of benzene rings is 2. The highest BCUT2D eigenvalue weighted by atomic mass is 35.5. The van der Waals surface area contributed by atoms with Gasteiger partial charge in [0.2, 0.25) is 0 Å². The van der Waals surface area contributed by atoms with Crippen LogP contribution in [0.25, 0.3) is 32.8 Å². The molecule has 0 atom stereocenters. The Labute approximate surface area is 108 Å². The second-order valence-electron chi connectivity index (χ2n) is 4.39. The summed E-state index contributed by atoms with van der Waals surface area (Å²) < 4.78 is 0. The molecule has 0 bridgehead atoms. The number of hydrogen-bond donors (Lipinski definition) is 1. The Morgan fingerprint density at radius 1 is 0.944 bits per heavy atom. The number of H-pyrrole nitrogens is 1. The fourth-order valence-electron chi connectivity index (χ4n) is 2.38. The maximum Gasteiger partial charge on any atom is 0.0965 e. The number of para-hydroxylation sites is 1. The van der Waals surface area contributed by atoms with Crippen LogP contribution >= 0.6 is 11.6 Å². The summed E-state index contributed by atoms with van der Waals surface area (Å²) in [5, 5.41) is 2.95. The minimum absolute atomic E-state index is 0.735. The van der Waals surface area contributed by atoms with Gasteiger partial charge in [0.25, 0.3) is 0 Å². The van der Waals surface area contributed by atoms with Gasteiger partial charge in [-0.05, 0) is 30.3 Å². The maximum absolute atomic E-state index is 6.05. The third kappa shape index (κ3) is 1.33. The largest absolute Gasteiger partial charge is 0.353 e. The number of halogens is 1. The van der Waals surface area contributed by atoms with Gasteiger partial charge in [-0.15, -0.1) is 0 Å². The molecule has 0 fully saturated rings. The average Bonchev–Trinajstić information content (AvgIpc) is 2.73. The molecule has 1 N–H and O–H groups in total. The zero-order valence-electron chi connectivity index (χ0n) is 9.44. The molecule has 2 aromatic carbocycles. The van der Waals surface area contributed by atoms with Crippen molar-refractivity contribution in [2.75, 3.05) is 0 Å². The van der Waals surface area contributed by atoms with E-state index in [1.165, 1.54) is 0 Å². The second-order valence-corrected chi connectivity index (χ2v) is 4.83. The first-order valence-corrected chi connectivity index (χ1v) is 6.16. The Morgan fingerprint density at radius 3 is 2.78 bits per heavy atom. The SMILES string of the molecule is Clc1ccc2[nH]c3cc4ccccc4nc3c2c1. The Hall–Kier alpha value is -2.06. The summed E-state index contributed by atoms with van der Waals surface area (Å²) in [6.45, 7) is 0. The summed E-state index contributed by atoms with van der Waals surface area (Å²) in [5.41, 5.74) is 4.10. The van der Waals surface area contributed by atoms with Gasteiger partial charge in [0.05, 0.1) is 16.6 Å². The number of nitrogens with zero attached hydrogens (tertiary/aromatic N) is 1. The number of fused-ring (bicyclic) bond motifs is 4. The standard InChI is InChI=1S/C15H9ClN2/c16-10-5-6-13-11(8-10)15-14(17-13)7-9-3-1-2-4-12(9)18-15/h1-8,17H. The highest BCUT2D eigenvalue weighted by Gasteiger charge is 2.07. The van der Waals surface area contributed by atoms with Crippen LogP contribution in [0, 0.1) is 0 Å². The van der Waals surface area contributed by atoms with Gasteiger partial charge in [-0.25, -0.2) is 4.98 Å². The van der Waals surface area contributed by atoms with Crippen LogP contribution in [0.15, 0.2) is 48.5 Å². The fraction of sp³-hybridized carbons (Fsp3) is 0. The second kappa shape index (κ2) is 3.47. The average molecular weight is 253 g/mol. The van der Waals surface area contributed by atoms with E-state index in [-0.39, 0.29) is 0 Å². The van der Waals surface area contributed by atoms with Crippen LogP contribution in [-0.4, -0.2) is 9.97 Å². The van der Waals surface area contributed by atoms with Crippen molar-refractivity contribution in [1.29, 1.82) is 0 Å². The van der Waals surface area contributed by atoms with Gasteiger partial charge in [0.15, 0.2) is 0 Å². The molecule has 0 saturated carbocycles. The summed E-state index contributed by atoms with van der Waals surface area (Å²) in [6, 6.07) is 16.1. The van der Waals surface area contributed by atoms with E-state index in [0.717, 1.165) is 37.9 Å². The van der Waals surface area contributed by atoms with Crippen molar-refractivity contribution in [3.8, 4) is 0 Å². The Balaban J connectivity index is 2.25. The highest BCUT2D eigenvalue weighted by Crippen LogP contribution is 2.28. The van der Waals surface area contributed by atoms with E-state index >= 15 is 0 Å².